The maximum atomic E-state index is 8.96. The summed E-state index contributed by atoms with van der Waals surface area (Å²) in [5.41, 5.74) is 0. The predicted octanol–water partition coefficient (Wildman–Crippen LogP) is 1.36. The SMILES string of the molecule is CCCC(CCO)CN=C(NCC)NCC. The van der Waals surface area contributed by atoms with Crippen LogP contribution in [0.25, 0.3) is 0 Å². The minimum Gasteiger partial charge on any atom is -0.396 e. The summed E-state index contributed by atoms with van der Waals surface area (Å²) in [6, 6.07) is 0. The molecule has 16 heavy (non-hydrogen) atoms. The van der Waals surface area contributed by atoms with Crippen molar-refractivity contribution < 1.29 is 5.11 Å². The van der Waals surface area contributed by atoms with E-state index in [9.17, 15) is 0 Å². The van der Waals surface area contributed by atoms with E-state index in [0.29, 0.717) is 5.92 Å². The third kappa shape index (κ3) is 7.51. The molecule has 96 valence electrons. The Labute approximate surface area is 99.5 Å². The number of aliphatic hydroxyl groups is 1. The molecular weight excluding hydrogens is 202 g/mol. The van der Waals surface area contributed by atoms with Crippen LogP contribution in [0, 0.1) is 5.92 Å². The molecule has 0 spiro atoms. The molecule has 4 nitrogen and oxygen atoms in total. The summed E-state index contributed by atoms with van der Waals surface area (Å²) in [5, 5.41) is 15.4. The smallest absolute Gasteiger partial charge is 0.191 e. The number of aliphatic hydroxyl groups excluding tert-OH is 1. The number of hydrogen-bond donors (Lipinski definition) is 3. The molecule has 0 aliphatic rings. The van der Waals surface area contributed by atoms with Crippen molar-refractivity contribution in [3.8, 4) is 0 Å². The highest BCUT2D eigenvalue weighted by Gasteiger charge is 2.06. The normalized spacial score (nSPS) is 12.0. The van der Waals surface area contributed by atoms with Crippen LogP contribution in [0.1, 0.15) is 40.0 Å². The van der Waals surface area contributed by atoms with Gasteiger partial charge in [0.25, 0.3) is 0 Å². The van der Waals surface area contributed by atoms with Crippen LogP contribution < -0.4 is 10.6 Å². The Balaban J connectivity index is 4.11. The fourth-order valence-electron chi connectivity index (χ4n) is 1.65. The molecule has 0 aromatic heterocycles. The van der Waals surface area contributed by atoms with Gasteiger partial charge in [-0.1, -0.05) is 13.3 Å². The van der Waals surface area contributed by atoms with Crippen LogP contribution in [0.4, 0.5) is 0 Å². The highest BCUT2D eigenvalue weighted by Crippen LogP contribution is 2.10. The summed E-state index contributed by atoms with van der Waals surface area (Å²) in [6.45, 7) is 9.11. The predicted molar refractivity (Wildman–Crippen MR) is 69.8 cm³/mol. The lowest BCUT2D eigenvalue weighted by Gasteiger charge is -2.14. The molecule has 0 radical (unpaired) electrons. The summed E-state index contributed by atoms with van der Waals surface area (Å²) < 4.78 is 0. The van der Waals surface area contributed by atoms with Crippen LogP contribution in [-0.2, 0) is 0 Å². The first-order valence-corrected chi connectivity index (χ1v) is 6.41. The first-order chi connectivity index (χ1) is 7.78. The largest absolute Gasteiger partial charge is 0.396 e. The van der Waals surface area contributed by atoms with Gasteiger partial charge in [0.1, 0.15) is 0 Å². The van der Waals surface area contributed by atoms with Crippen molar-refractivity contribution in [2.75, 3.05) is 26.2 Å². The van der Waals surface area contributed by atoms with Crippen molar-refractivity contribution in [1.29, 1.82) is 0 Å². The molecule has 0 rings (SSSR count). The summed E-state index contributed by atoms with van der Waals surface area (Å²) >= 11 is 0. The molecule has 0 aromatic carbocycles. The molecule has 0 aromatic rings. The minimum absolute atomic E-state index is 0.262. The molecule has 0 aliphatic heterocycles. The standard InChI is InChI=1S/C12H27N3O/c1-4-7-11(8-9-16)10-15-12(13-5-2)14-6-3/h11,16H,4-10H2,1-3H3,(H2,13,14,15). The van der Waals surface area contributed by atoms with E-state index in [2.05, 4.69) is 36.4 Å². The van der Waals surface area contributed by atoms with Crippen molar-refractivity contribution in [1.82, 2.24) is 10.6 Å². The molecule has 0 amide bonds. The summed E-state index contributed by atoms with van der Waals surface area (Å²) in [7, 11) is 0. The van der Waals surface area contributed by atoms with E-state index in [0.717, 1.165) is 44.9 Å². The van der Waals surface area contributed by atoms with Crippen LogP contribution in [-0.4, -0.2) is 37.3 Å². The first-order valence-electron chi connectivity index (χ1n) is 6.41. The van der Waals surface area contributed by atoms with Crippen molar-refractivity contribution >= 4 is 5.96 Å². The van der Waals surface area contributed by atoms with Crippen molar-refractivity contribution in [2.24, 2.45) is 10.9 Å². The summed E-state index contributed by atoms with van der Waals surface area (Å²) in [4.78, 5) is 4.52. The molecule has 0 bridgehead atoms. The Kier molecular flexibility index (Phi) is 10.2. The van der Waals surface area contributed by atoms with Crippen LogP contribution in [0.2, 0.25) is 0 Å². The quantitative estimate of drug-likeness (QED) is 0.435. The van der Waals surface area contributed by atoms with Gasteiger partial charge in [-0.3, -0.25) is 4.99 Å². The van der Waals surface area contributed by atoms with E-state index in [4.69, 9.17) is 5.11 Å². The minimum atomic E-state index is 0.262. The molecule has 0 aliphatic carbocycles. The van der Waals surface area contributed by atoms with Gasteiger partial charge in [0, 0.05) is 26.2 Å². The van der Waals surface area contributed by atoms with E-state index in [1.165, 1.54) is 0 Å². The van der Waals surface area contributed by atoms with Crippen LogP contribution in [0.5, 0.6) is 0 Å². The van der Waals surface area contributed by atoms with Crippen LogP contribution in [0.3, 0.4) is 0 Å². The number of hydrogen-bond acceptors (Lipinski definition) is 2. The Morgan fingerprint density at radius 3 is 2.19 bits per heavy atom. The number of aliphatic imine (C=N–C) groups is 1. The van der Waals surface area contributed by atoms with E-state index < -0.39 is 0 Å². The lowest BCUT2D eigenvalue weighted by molar-refractivity contribution is 0.253. The average molecular weight is 229 g/mol. The molecule has 0 saturated carbocycles. The third-order valence-corrected chi connectivity index (χ3v) is 2.43. The van der Waals surface area contributed by atoms with Gasteiger partial charge in [-0.25, -0.2) is 0 Å². The van der Waals surface area contributed by atoms with Gasteiger partial charge in [-0.05, 0) is 32.6 Å². The molecule has 3 N–H and O–H groups in total. The lowest BCUT2D eigenvalue weighted by atomic mass is 10.0. The van der Waals surface area contributed by atoms with Gasteiger partial charge in [-0.2, -0.15) is 0 Å². The maximum Gasteiger partial charge on any atom is 0.191 e. The second kappa shape index (κ2) is 10.7. The second-order valence-electron chi connectivity index (χ2n) is 3.92. The molecule has 4 heteroatoms. The number of nitrogens with zero attached hydrogens (tertiary/aromatic N) is 1. The molecule has 1 atom stereocenters. The average Bonchev–Trinajstić information content (AvgIpc) is 2.27. The van der Waals surface area contributed by atoms with Gasteiger partial charge >= 0.3 is 0 Å². The molecule has 0 fully saturated rings. The number of nitrogens with one attached hydrogen (secondary N) is 2. The number of guanidine groups is 1. The lowest BCUT2D eigenvalue weighted by Crippen LogP contribution is -2.37. The van der Waals surface area contributed by atoms with Crippen molar-refractivity contribution in [3.63, 3.8) is 0 Å². The molecular formula is C12H27N3O. The zero-order valence-corrected chi connectivity index (χ0v) is 10.9. The van der Waals surface area contributed by atoms with Crippen LogP contribution in [0.15, 0.2) is 4.99 Å². The fraction of sp³-hybridized carbons (Fsp3) is 0.917. The van der Waals surface area contributed by atoms with Crippen molar-refractivity contribution in [2.45, 2.75) is 40.0 Å². The summed E-state index contributed by atoms with van der Waals surface area (Å²) in [6.07, 6.45) is 3.14. The summed E-state index contributed by atoms with van der Waals surface area (Å²) in [5.74, 6) is 1.38. The van der Waals surface area contributed by atoms with Gasteiger partial charge < -0.3 is 15.7 Å². The van der Waals surface area contributed by atoms with E-state index in [1.54, 1.807) is 0 Å². The Morgan fingerprint density at radius 1 is 1.12 bits per heavy atom. The van der Waals surface area contributed by atoms with Gasteiger partial charge in [0.15, 0.2) is 5.96 Å². The zero-order chi connectivity index (χ0) is 12.2. The second-order valence-corrected chi connectivity index (χ2v) is 3.92. The highest BCUT2D eigenvalue weighted by molar-refractivity contribution is 5.79. The number of rotatable bonds is 8. The fourth-order valence-corrected chi connectivity index (χ4v) is 1.65. The van der Waals surface area contributed by atoms with Crippen LogP contribution >= 0.6 is 0 Å². The van der Waals surface area contributed by atoms with E-state index >= 15 is 0 Å². The van der Waals surface area contributed by atoms with E-state index in [-0.39, 0.29) is 6.61 Å². The highest BCUT2D eigenvalue weighted by atomic mass is 16.3. The first kappa shape index (κ1) is 15.2. The maximum absolute atomic E-state index is 8.96. The topological polar surface area (TPSA) is 56.7 Å². The zero-order valence-electron chi connectivity index (χ0n) is 10.9. The molecule has 0 saturated heterocycles. The Morgan fingerprint density at radius 2 is 1.75 bits per heavy atom. The van der Waals surface area contributed by atoms with Gasteiger partial charge in [-0.15, -0.1) is 0 Å². The van der Waals surface area contributed by atoms with Gasteiger partial charge in [0.2, 0.25) is 0 Å². The molecule has 0 heterocycles. The Bertz CT molecular complexity index is 169. The van der Waals surface area contributed by atoms with Crippen molar-refractivity contribution in [3.05, 3.63) is 0 Å². The van der Waals surface area contributed by atoms with Gasteiger partial charge in [0.05, 0.1) is 0 Å². The van der Waals surface area contributed by atoms with E-state index in [1.807, 2.05) is 0 Å². The monoisotopic (exact) mass is 229 g/mol. The Hall–Kier alpha value is -0.770. The third-order valence-electron chi connectivity index (χ3n) is 2.43. The molecule has 1 unspecified atom stereocenters.